The van der Waals surface area contributed by atoms with Crippen LogP contribution >= 0.6 is 17.0 Å². The van der Waals surface area contributed by atoms with E-state index < -0.39 is 0 Å². The van der Waals surface area contributed by atoms with Crippen LogP contribution in [0.25, 0.3) is 0 Å². The second kappa shape index (κ2) is 2.71. The van der Waals surface area contributed by atoms with Crippen molar-refractivity contribution in [1.29, 1.82) is 0 Å². The molecule has 3 N–H and O–H groups in total. The van der Waals surface area contributed by atoms with Gasteiger partial charge in [-0.05, 0) is 50.4 Å². The van der Waals surface area contributed by atoms with Crippen molar-refractivity contribution in [2.24, 2.45) is 17.6 Å². The molecule has 4 bridgehead atoms. The van der Waals surface area contributed by atoms with Crippen LogP contribution in [0.15, 0.2) is 0 Å². The van der Waals surface area contributed by atoms with E-state index in [0.29, 0.717) is 0 Å². The highest BCUT2D eigenvalue weighted by Crippen LogP contribution is 2.56. The minimum atomic E-state index is -0.362. The molecule has 4 fully saturated rings. The maximum absolute atomic E-state index is 10.2. The van der Waals surface area contributed by atoms with Gasteiger partial charge in [0.1, 0.15) is 0 Å². The molecule has 0 spiro atoms. The predicted octanol–water partition coefficient (Wildman–Crippen LogP) is 1.61. The molecule has 0 radical (unpaired) electrons. The molecule has 4 rings (SSSR count). The molecule has 4 atom stereocenters. The van der Waals surface area contributed by atoms with Crippen LogP contribution in [0.5, 0.6) is 0 Å². The van der Waals surface area contributed by atoms with E-state index in [-0.39, 0.29) is 28.1 Å². The molecular weight excluding hydrogens is 230 g/mol. The third kappa shape index (κ3) is 1.45. The normalized spacial score (nSPS) is 57.7. The van der Waals surface area contributed by atoms with E-state index in [2.05, 4.69) is 0 Å². The Labute approximate surface area is 89.7 Å². The van der Waals surface area contributed by atoms with E-state index in [9.17, 15) is 5.11 Å². The molecule has 4 aliphatic rings. The number of nitrogens with two attached hydrogens (primary N) is 1. The van der Waals surface area contributed by atoms with Crippen molar-refractivity contribution in [3.05, 3.63) is 0 Å². The number of hydrogen-bond donors (Lipinski definition) is 2. The monoisotopic (exact) mass is 247 g/mol. The summed E-state index contributed by atoms with van der Waals surface area (Å²) in [5.74, 6) is 1.47. The number of halogens is 1. The maximum atomic E-state index is 10.2. The van der Waals surface area contributed by atoms with Crippen LogP contribution in [-0.2, 0) is 0 Å². The van der Waals surface area contributed by atoms with Crippen molar-refractivity contribution in [2.45, 2.75) is 49.7 Å². The first kappa shape index (κ1) is 9.94. The fraction of sp³-hybridized carbons (Fsp3) is 1.00. The van der Waals surface area contributed by atoms with Crippen molar-refractivity contribution in [3.63, 3.8) is 0 Å². The SMILES string of the molecule is Br.NC12C[C@H]3C[C@@H](C1)CC(O)(C3)C2. The largest absolute Gasteiger partial charge is 0.390 e. The lowest BCUT2D eigenvalue weighted by Crippen LogP contribution is -2.62. The molecule has 0 aromatic heterocycles. The Hall–Kier alpha value is 0.400. The van der Waals surface area contributed by atoms with E-state index in [1.54, 1.807) is 0 Å². The fourth-order valence-electron chi connectivity index (χ4n) is 4.28. The van der Waals surface area contributed by atoms with Crippen molar-refractivity contribution in [3.8, 4) is 0 Å². The zero-order valence-electron chi connectivity index (χ0n) is 7.83. The van der Waals surface area contributed by atoms with Crippen LogP contribution in [0.2, 0.25) is 0 Å². The minimum Gasteiger partial charge on any atom is -0.390 e. The Morgan fingerprint density at radius 2 is 1.62 bits per heavy atom. The van der Waals surface area contributed by atoms with Crippen molar-refractivity contribution in [2.75, 3.05) is 0 Å². The van der Waals surface area contributed by atoms with Crippen LogP contribution < -0.4 is 5.73 Å². The Kier molecular flexibility index (Phi) is 2.07. The Bertz CT molecular complexity index is 197. The molecule has 4 saturated carbocycles. The molecule has 4 aliphatic carbocycles. The molecule has 2 nitrogen and oxygen atoms in total. The Balaban J connectivity index is 0.000000653. The summed E-state index contributed by atoms with van der Waals surface area (Å²) in [6, 6.07) is 0. The highest BCUT2D eigenvalue weighted by atomic mass is 79.9. The maximum Gasteiger partial charge on any atom is 0.0670 e. The van der Waals surface area contributed by atoms with E-state index >= 15 is 0 Å². The van der Waals surface area contributed by atoms with Crippen LogP contribution in [-0.4, -0.2) is 16.2 Å². The molecule has 76 valence electrons. The van der Waals surface area contributed by atoms with Gasteiger partial charge in [0.15, 0.2) is 0 Å². The number of aliphatic hydroxyl groups is 1. The van der Waals surface area contributed by atoms with E-state index in [1.165, 1.54) is 19.3 Å². The van der Waals surface area contributed by atoms with Crippen LogP contribution in [0.1, 0.15) is 38.5 Å². The summed E-state index contributed by atoms with van der Waals surface area (Å²) >= 11 is 0. The standard InChI is InChI=1S/C10H17NO.BrH/c11-9-2-7-1-8(3-9)5-10(12,4-7)6-9;/h7-8,12H,1-6,11H2;1H/t7-,8+,9?,10?;. The van der Waals surface area contributed by atoms with Crippen LogP contribution in [0.3, 0.4) is 0 Å². The summed E-state index contributed by atoms with van der Waals surface area (Å²) in [6.07, 6.45) is 6.61. The smallest absolute Gasteiger partial charge is 0.0670 e. The highest BCUT2D eigenvalue weighted by molar-refractivity contribution is 8.93. The molecule has 2 unspecified atom stereocenters. The molecule has 0 heterocycles. The van der Waals surface area contributed by atoms with Gasteiger partial charge in [0.05, 0.1) is 5.60 Å². The average Bonchev–Trinajstić information content (AvgIpc) is 1.75. The predicted molar refractivity (Wildman–Crippen MR) is 56.9 cm³/mol. The fourth-order valence-corrected chi connectivity index (χ4v) is 4.28. The van der Waals surface area contributed by atoms with Gasteiger partial charge in [-0.1, -0.05) is 0 Å². The highest BCUT2D eigenvalue weighted by Gasteiger charge is 2.55. The second-order valence-electron chi connectivity index (χ2n) is 5.55. The van der Waals surface area contributed by atoms with Crippen molar-refractivity contribution in [1.82, 2.24) is 0 Å². The summed E-state index contributed by atoms with van der Waals surface area (Å²) < 4.78 is 0. The van der Waals surface area contributed by atoms with Crippen LogP contribution in [0, 0.1) is 11.8 Å². The van der Waals surface area contributed by atoms with Gasteiger partial charge < -0.3 is 10.8 Å². The molecular formula is C10H18BrNO. The topological polar surface area (TPSA) is 46.2 Å². The van der Waals surface area contributed by atoms with Gasteiger partial charge >= 0.3 is 0 Å². The minimum absolute atomic E-state index is 0. The van der Waals surface area contributed by atoms with E-state index in [4.69, 9.17) is 5.73 Å². The molecule has 13 heavy (non-hydrogen) atoms. The molecule has 0 amide bonds. The Morgan fingerprint density at radius 1 is 1.08 bits per heavy atom. The summed E-state index contributed by atoms with van der Waals surface area (Å²) in [7, 11) is 0. The third-order valence-corrected chi connectivity index (χ3v) is 4.08. The zero-order valence-corrected chi connectivity index (χ0v) is 9.54. The lowest BCUT2D eigenvalue weighted by Gasteiger charge is -2.58. The van der Waals surface area contributed by atoms with Crippen molar-refractivity contribution < 1.29 is 5.11 Å². The quantitative estimate of drug-likeness (QED) is 0.684. The molecule has 0 aliphatic heterocycles. The van der Waals surface area contributed by atoms with Gasteiger partial charge in [-0.25, -0.2) is 0 Å². The first-order valence-electron chi connectivity index (χ1n) is 5.08. The molecule has 0 saturated heterocycles. The van der Waals surface area contributed by atoms with Gasteiger partial charge in [-0.15, -0.1) is 17.0 Å². The first-order chi connectivity index (χ1) is 5.57. The van der Waals surface area contributed by atoms with E-state index in [1.807, 2.05) is 0 Å². The summed E-state index contributed by atoms with van der Waals surface area (Å²) in [5, 5.41) is 10.2. The number of rotatable bonds is 0. The Morgan fingerprint density at radius 3 is 2.00 bits per heavy atom. The van der Waals surface area contributed by atoms with Gasteiger partial charge in [-0.2, -0.15) is 0 Å². The lowest BCUT2D eigenvalue weighted by atomic mass is 9.51. The average molecular weight is 248 g/mol. The first-order valence-corrected chi connectivity index (χ1v) is 5.08. The molecule has 3 heteroatoms. The molecule has 0 aromatic rings. The number of hydrogen-bond acceptors (Lipinski definition) is 2. The van der Waals surface area contributed by atoms with Crippen molar-refractivity contribution >= 4 is 17.0 Å². The van der Waals surface area contributed by atoms with Gasteiger partial charge in [-0.3, -0.25) is 0 Å². The second-order valence-corrected chi connectivity index (χ2v) is 5.55. The third-order valence-electron chi connectivity index (χ3n) is 4.08. The van der Waals surface area contributed by atoms with E-state index in [0.717, 1.165) is 31.1 Å². The lowest BCUT2D eigenvalue weighted by molar-refractivity contribution is -0.133. The summed E-state index contributed by atoms with van der Waals surface area (Å²) in [4.78, 5) is 0. The summed E-state index contributed by atoms with van der Waals surface area (Å²) in [5.41, 5.74) is 5.90. The van der Waals surface area contributed by atoms with Crippen LogP contribution in [0.4, 0.5) is 0 Å². The van der Waals surface area contributed by atoms with Gasteiger partial charge in [0.2, 0.25) is 0 Å². The van der Waals surface area contributed by atoms with Gasteiger partial charge in [0, 0.05) is 5.54 Å². The zero-order chi connectivity index (χ0) is 8.40. The molecule has 0 aromatic carbocycles. The summed E-state index contributed by atoms with van der Waals surface area (Å²) in [6.45, 7) is 0. The van der Waals surface area contributed by atoms with Gasteiger partial charge in [0.25, 0.3) is 0 Å².